The van der Waals surface area contributed by atoms with Crippen LogP contribution in [0.4, 0.5) is 5.82 Å². The van der Waals surface area contributed by atoms with Gasteiger partial charge in [0, 0.05) is 20.0 Å². The molecule has 1 unspecified atom stereocenters. The van der Waals surface area contributed by atoms with Crippen LogP contribution in [-0.2, 0) is 11.3 Å². The highest BCUT2D eigenvalue weighted by molar-refractivity contribution is 5.76. The Kier molecular flexibility index (Phi) is 4.80. The Morgan fingerprint density at radius 2 is 2.05 bits per heavy atom. The van der Waals surface area contributed by atoms with E-state index in [1.54, 1.807) is 12.4 Å². The van der Waals surface area contributed by atoms with Gasteiger partial charge in [0.2, 0.25) is 5.91 Å². The van der Waals surface area contributed by atoms with E-state index >= 15 is 0 Å². The lowest BCUT2D eigenvalue weighted by atomic mass is 9.77. The Hall–Kier alpha value is -1.65. The van der Waals surface area contributed by atoms with Crippen LogP contribution in [0.1, 0.15) is 45.7 Å². The summed E-state index contributed by atoms with van der Waals surface area (Å²) >= 11 is 0. The molecule has 116 valence electrons. The molecule has 5 heteroatoms. The number of aromatic nitrogens is 2. The first kappa shape index (κ1) is 15.7. The van der Waals surface area contributed by atoms with Crippen LogP contribution in [0, 0.1) is 11.3 Å². The molecule has 0 aliphatic carbocycles. The average Bonchev–Trinajstić information content (AvgIpc) is 2.62. The van der Waals surface area contributed by atoms with Gasteiger partial charge in [-0.25, -0.2) is 4.98 Å². The molecule has 1 fully saturated rings. The summed E-state index contributed by atoms with van der Waals surface area (Å²) in [5, 5.41) is 2.94. The summed E-state index contributed by atoms with van der Waals surface area (Å²) in [5.74, 6) is 1.58. The van der Waals surface area contributed by atoms with Crippen LogP contribution in [0.15, 0.2) is 12.4 Å². The molecule has 1 amide bonds. The summed E-state index contributed by atoms with van der Waals surface area (Å²) in [6.45, 7) is 8.17. The van der Waals surface area contributed by atoms with Crippen molar-refractivity contribution in [3.8, 4) is 0 Å². The SMILES string of the molecule is CNc1cnc(CN2CCC(C(C)(C)C)CCC2=O)cn1. The van der Waals surface area contributed by atoms with E-state index in [1.807, 2.05) is 11.9 Å². The van der Waals surface area contributed by atoms with Crippen LogP contribution < -0.4 is 5.32 Å². The van der Waals surface area contributed by atoms with Gasteiger partial charge in [-0.15, -0.1) is 0 Å². The molecule has 1 N–H and O–H groups in total. The molecular weight excluding hydrogens is 264 g/mol. The first-order chi connectivity index (χ1) is 9.90. The zero-order valence-electron chi connectivity index (χ0n) is 13.5. The standard InChI is InChI=1S/C16H26N4O/c1-16(2,3)12-5-6-15(21)20(8-7-12)11-13-9-19-14(17-4)10-18-13/h9-10,12H,5-8,11H2,1-4H3,(H,17,19). The molecule has 0 bridgehead atoms. The van der Waals surface area contributed by atoms with Crippen molar-refractivity contribution in [3.05, 3.63) is 18.1 Å². The number of likely N-dealkylation sites (tertiary alicyclic amines) is 1. The van der Waals surface area contributed by atoms with Gasteiger partial charge in [-0.2, -0.15) is 0 Å². The van der Waals surface area contributed by atoms with E-state index in [2.05, 4.69) is 36.1 Å². The molecule has 1 saturated heterocycles. The van der Waals surface area contributed by atoms with Crippen molar-refractivity contribution in [2.24, 2.45) is 11.3 Å². The van der Waals surface area contributed by atoms with E-state index < -0.39 is 0 Å². The van der Waals surface area contributed by atoms with Crippen molar-refractivity contribution in [2.45, 2.75) is 46.6 Å². The fraction of sp³-hybridized carbons (Fsp3) is 0.688. The summed E-state index contributed by atoms with van der Waals surface area (Å²) in [5.41, 5.74) is 1.11. The molecular formula is C16H26N4O. The lowest BCUT2D eigenvalue weighted by molar-refractivity contribution is -0.131. The maximum Gasteiger partial charge on any atom is 0.222 e. The van der Waals surface area contributed by atoms with E-state index in [0.29, 0.717) is 18.9 Å². The topological polar surface area (TPSA) is 58.1 Å². The van der Waals surface area contributed by atoms with E-state index in [-0.39, 0.29) is 11.3 Å². The number of anilines is 1. The van der Waals surface area contributed by atoms with E-state index in [4.69, 9.17) is 0 Å². The van der Waals surface area contributed by atoms with Gasteiger partial charge in [0.25, 0.3) is 0 Å². The molecule has 1 aliphatic rings. The predicted octanol–water partition coefficient (Wildman–Crippen LogP) is 2.69. The molecule has 0 aromatic carbocycles. The van der Waals surface area contributed by atoms with Gasteiger partial charge < -0.3 is 10.2 Å². The number of nitrogens with one attached hydrogen (secondary N) is 1. The van der Waals surface area contributed by atoms with Gasteiger partial charge in [0.05, 0.1) is 24.6 Å². The molecule has 5 nitrogen and oxygen atoms in total. The molecule has 1 aromatic heterocycles. The van der Waals surface area contributed by atoms with Crippen molar-refractivity contribution >= 4 is 11.7 Å². The van der Waals surface area contributed by atoms with Crippen LogP contribution in [0.3, 0.4) is 0 Å². The summed E-state index contributed by atoms with van der Waals surface area (Å²) < 4.78 is 0. The van der Waals surface area contributed by atoms with Gasteiger partial charge in [0.1, 0.15) is 5.82 Å². The van der Waals surface area contributed by atoms with Gasteiger partial charge in [0.15, 0.2) is 0 Å². The Morgan fingerprint density at radius 1 is 1.29 bits per heavy atom. The van der Waals surface area contributed by atoms with Crippen molar-refractivity contribution in [1.29, 1.82) is 0 Å². The number of carbonyl (C=O) groups is 1. The van der Waals surface area contributed by atoms with Crippen LogP contribution in [0.5, 0.6) is 0 Å². The molecule has 2 rings (SSSR count). The van der Waals surface area contributed by atoms with E-state index in [9.17, 15) is 4.79 Å². The summed E-state index contributed by atoms with van der Waals surface area (Å²) in [4.78, 5) is 22.8. The summed E-state index contributed by atoms with van der Waals surface area (Å²) in [6.07, 6.45) is 6.14. The first-order valence-corrected chi connectivity index (χ1v) is 7.66. The first-order valence-electron chi connectivity index (χ1n) is 7.66. The normalized spacial score (nSPS) is 20.3. The van der Waals surface area contributed by atoms with Crippen molar-refractivity contribution < 1.29 is 4.79 Å². The van der Waals surface area contributed by atoms with Crippen molar-refractivity contribution in [3.63, 3.8) is 0 Å². The number of rotatable bonds is 3. The van der Waals surface area contributed by atoms with Crippen molar-refractivity contribution in [1.82, 2.24) is 14.9 Å². The van der Waals surface area contributed by atoms with Crippen LogP contribution >= 0.6 is 0 Å². The van der Waals surface area contributed by atoms with Crippen LogP contribution in [0.25, 0.3) is 0 Å². The number of hydrogen-bond acceptors (Lipinski definition) is 4. The maximum atomic E-state index is 12.3. The summed E-state index contributed by atoms with van der Waals surface area (Å²) in [6, 6.07) is 0. The van der Waals surface area contributed by atoms with Crippen LogP contribution in [0.2, 0.25) is 0 Å². The average molecular weight is 290 g/mol. The quantitative estimate of drug-likeness (QED) is 0.930. The third-order valence-electron chi connectivity index (χ3n) is 4.35. The van der Waals surface area contributed by atoms with Gasteiger partial charge in [-0.05, 0) is 24.2 Å². The highest BCUT2D eigenvalue weighted by Gasteiger charge is 2.29. The van der Waals surface area contributed by atoms with Crippen molar-refractivity contribution in [2.75, 3.05) is 18.9 Å². The maximum absolute atomic E-state index is 12.3. The molecule has 1 aliphatic heterocycles. The Morgan fingerprint density at radius 3 is 2.62 bits per heavy atom. The second-order valence-corrected chi connectivity index (χ2v) is 6.85. The van der Waals surface area contributed by atoms with Gasteiger partial charge in [-0.3, -0.25) is 9.78 Å². The molecule has 0 spiro atoms. The fourth-order valence-electron chi connectivity index (χ4n) is 2.83. The third kappa shape index (κ3) is 4.16. The minimum absolute atomic E-state index is 0.237. The highest BCUT2D eigenvalue weighted by Crippen LogP contribution is 2.34. The van der Waals surface area contributed by atoms with E-state index in [0.717, 1.165) is 30.9 Å². The zero-order chi connectivity index (χ0) is 15.5. The lowest BCUT2D eigenvalue weighted by Gasteiger charge is -2.29. The third-order valence-corrected chi connectivity index (χ3v) is 4.35. The number of carbonyl (C=O) groups excluding carboxylic acids is 1. The lowest BCUT2D eigenvalue weighted by Crippen LogP contribution is -2.30. The Labute approximate surface area is 127 Å². The molecule has 2 heterocycles. The Balaban J connectivity index is 2.00. The largest absolute Gasteiger partial charge is 0.372 e. The molecule has 0 saturated carbocycles. The number of nitrogens with zero attached hydrogens (tertiary/aromatic N) is 3. The molecule has 1 aromatic rings. The highest BCUT2D eigenvalue weighted by atomic mass is 16.2. The number of amides is 1. The fourth-order valence-corrected chi connectivity index (χ4v) is 2.83. The number of hydrogen-bond donors (Lipinski definition) is 1. The minimum Gasteiger partial charge on any atom is -0.372 e. The molecule has 21 heavy (non-hydrogen) atoms. The van der Waals surface area contributed by atoms with Gasteiger partial charge >= 0.3 is 0 Å². The second kappa shape index (κ2) is 6.41. The smallest absolute Gasteiger partial charge is 0.222 e. The van der Waals surface area contributed by atoms with E-state index in [1.165, 1.54) is 0 Å². The second-order valence-electron chi connectivity index (χ2n) is 6.85. The van der Waals surface area contributed by atoms with Gasteiger partial charge in [-0.1, -0.05) is 20.8 Å². The molecule has 0 radical (unpaired) electrons. The van der Waals surface area contributed by atoms with Crippen LogP contribution in [-0.4, -0.2) is 34.4 Å². The summed E-state index contributed by atoms with van der Waals surface area (Å²) in [7, 11) is 1.81. The predicted molar refractivity (Wildman–Crippen MR) is 83.8 cm³/mol. The minimum atomic E-state index is 0.237. The zero-order valence-corrected chi connectivity index (χ0v) is 13.5. The molecule has 1 atom stereocenters. The monoisotopic (exact) mass is 290 g/mol. The Bertz CT molecular complexity index is 478.